The summed E-state index contributed by atoms with van der Waals surface area (Å²) in [7, 11) is 2.57. The smallest absolute Gasteiger partial charge is 0.322 e. The van der Waals surface area contributed by atoms with Crippen LogP contribution in [0.15, 0.2) is 24.4 Å². The molecule has 1 aromatic heterocycles. The third-order valence-corrected chi connectivity index (χ3v) is 3.94. The van der Waals surface area contributed by atoms with Crippen LogP contribution in [0.2, 0.25) is 0 Å². The normalized spacial score (nSPS) is 17.0. The number of carbonyl (C=O) groups is 2. The molecule has 8 heteroatoms. The Labute approximate surface area is 147 Å². The predicted molar refractivity (Wildman–Crippen MR) is 91.6 cm³/mol. The molecule has 0 saturated carbocycles. The van der Waals surface area contributed by atoms with Gasteiger partial charge in [-0.05, 0) is 32.9 Å². The minimum Gasteiger partial charge on any atom is -0.468 e. The minimum absolute atomic E-state index is 0.221. The van der Waals surface area contributed by atoms with Gasteiger partial charge in [0.1, 0.15) is 12.1 Å². The van der Waals surface area contributed by atoms with Gasteiger partial charge in [0.05, 0.1) is 26.0 Å². The van der Waals surface area contributed by atoms with Crippen molar-refractivity contribution >= 4 is 11.9 Å². The zero-order valence-corrected chi connectivity index (χ0v) is 15.3. The molecule has 0 aromatic carbocycles. The Bertz CT molecular complexity index is 543. The number of aliphatic hydroxyl groups is 1. The molecule has 0 aliphatic carbocycles. The molecule has 1 aromatic rings. The number of methoxy groups -OCH3 is 2. The molecular formula is C17H27N3O5. The Balaban J connectivity index is 2.99. The molecule has 0 spiro atoms. The number of carbonyl (C=O) groups excluding carboxylic acids is 2. The van der Waals surface area contributed by atoms with Crippen LogP contribution in [-0.4, -0.2) is 60.1 Å². The van der Waals surface area contributed by atoms with Crippen LogP contribution < -0.4 is 10.6 Å². The summed E-state index contributed by atoms with van der Waals surface area (Å²) < 4.78 is 9.43. The van der Waals surface area contributed by atoms with E-state index in [1.807, 2.05) is 6.07 Å². The number of hydrogen-bond donors (Lipinski definition) is 3. The average Bonchev–Trinajstić information content (AvgIpc) is 2.60. The number of nitrogens with one attached hydrogen (secondary N) is 2. The molecule has 3 N–H and O–H groups in total. The summed E-state index contributed by atoms with van der Waals surface area (Å²) in [5.74, 6) is -0.965. The van der Waals surface area contributed by atoms with Crippen LogP contribution in [-0.2, 0) is 25.5 Å². The van der Waals surface area contributed by atoms with Crippen LogP contribution in [0.25, 0.3) is 0 Å². The number of esters is 2. The lowest BCUT2D eigenvalue weighted by atomic mass is 9.97. The third-order valence-electron chi connectivity index (χ3n) is 3.94. The van der Waals surface area contributed by atoms with E-state index in [0.29, 0.717) is 5.69 Å². The second-order valence-electron chi connectivity index (χ2n) is 6.02. The molecule has 25 heavy (non-hydrogen) atoms. The van der Waals surface area contributed by atoms with Crippen molar-refractivity contribution < 1.29 is 24.2 Å². The molecule has 0 aliphatic heterocycles. The summed E-state index contributed by atoms with van der Waals surface area (Å²) in [5.41, 5.74) is -0.486. The first-order chi connectivity index (χ1) is 11.7. The Morgan fingerprint density at radius 3 is 2.08 bits per heavy atom. The van der Waals surface area contributed by atoms with Gasteiger partial charge in [-0.1, -0.05) is 6.07 Å². The van der Waals surface area contributed by atoms with E-state index in [2.05, 4.69) is 15.6 Å². The molecule has 8 nitrogen and oxygen atoms in total. The zero-order chi connectivity index (χ0) is 19.0. The average molecular weight is 353 g/mol. The number of hydrogen-bond acceptors (Lipinski definition) is 8. The quantitative estimate of drug-likeness (QED) is 0.420. The fourth-order valence-corrected chi connectivity index (χ4v) is 2.53. The van der Waals surface area contributed by atoms with Gasteiger partial charge in [0.15, 0.2) is 0 Å². The summed E-state index contributed by atoms with van der Waals surface area (Å²) in [6.07, 6.45) is 0.870. The lowest BCUT2D eigenvalue weighted by Gasteiger charge is -2.39. The van der Waals surface area contributed by atoms with Gasteiger partial charge in [-0.2, -0.15) is 0 Å². The number of ether oxygens (including phenoxy) is 2. The first-order valence-corrected chi connectivity index (χ1v) is 8.02. The van der Waals surface area contributed by atoms with Gasteiger partial charge in [-0.15, -0.1) is 0 Å². The van der Waals surface area contributed by atoms with Crippen LogP contribution in [0.4, 0.5) is 0 Å². The first kappa shape index (κ1) is 21.0. The monoisotopic (exact) mass is 353 g/mol. The highest BCUT2D eigenvalue weighted by Gasteiger charge is 2.38. The Morgan fingerprint density at radius 2 is 1.68 bits per heavy atom. The molecule has 1 rings (SSSR count). The maximum Gasteiger partial charge on any atom is 0.322 e. The maximum absolute atomic E-state index is 11.7. The van der Waals surface area contributed by atoms with Gasteiger partial charge in [-0.3, -0.25) is 25.2 Å². The van der Waals surface area contributed by atoms with Crippen molar-refractivity contribution in [3.8, 4) is 0 Å². The number of aromatic nitrogens is 1. The van der Waals surface area contributed by atoms with E-state index in [4.69, 9.17) is 9.47 Å². The molecule has 0 fully saturated rings. The van der Waals surface area contributed by atoms with Gasteiger partial charge >= 0.3 is 11.9 Å². The lowest BCUT2D eigenvalue weighted by Crippen LogP contribution is -2.68. The first-order valence-electron chi connectivity index (χ1n) is 8.02. The molecular weight excluding hydrogens is 326 g/mol. The minimum atomic E-state index is -1.17. The highest BCUT2D eigenvalue weighted by atomic mass is 16.5. The summed E-state index contributed by atoms with van der Waals surface area (Å²) in [5, 5.41) is 16.8. The Hall–Kier alpha value is -2.03. The zero-order valence-electron chi connectivity index (χ0n) is 15.3. The molecule has 0 radical (unpaired) electrons. The van der Waals surface area contributed by atoms with Crippen LogP contribution in [0.3, 0.4) is 0 Å². The molecule has 3 atom stereocenters. The Morgan fingerprint density at radius 1 is 1.16 bits per heavy atom. The van der Waals surface area contributed by atoms with Gasteiger partial charge in [0.2, 0.25) is 0 Å². The largest absolute Gasteiger partial charge is 0.468 e. The SMILES string of the molecule is COC(=O)C(C)NC(C)(NC(C)C(=O)OC)C(O)Cc1ccccn1. The highest BCUT2D eigenvalue weighted by Crippen LogP contribution is 2.15. The van der Waals surface area contributed by atoms with E-state index in [0.717, 1.165) is 0 Å². The van der Waals surface area contributed by atoms with E-state index in [-0.39, 0.29) is 6.42 Å². The molecule has 1 heterocycles. The van der Waals surface area contributed by atoms with E-state index in [1.165, 1.54) is 14.2 Å². The fourth-order valence-electron chi connectivity index (χ4n) is 2.53. The van der Waals surface area contributed by atoms with Crippen LogP contribution in [0.1, 0.15) is 26.5 Å². The predicted octanol–water partition coefficient (Wildman–Crippen LogP) is 0.00340. The molecule has 0 saturated heterocycles. The number of rotatable bonds is 9. The summed E-state index contributed by atoms with van der Waals surface area (Å²) in [6, 6.07) is 3.99. The molecule has 0 bridgehead atoms. The van der Waals surface area contributed by atoms with Gasteiger partial charge in [-0.25, -0.2) is 0 Å². The van der Waals surface area contributed by atoms with Crippen molar-refractivity contribution in [2.24, 2.45) is 0 Å². The molecule has 0 amide bonds. The van der Waals surface area contributed by atoms with E-state index in [9.17, 15) is 14.7 Å². The van der Waals surface area contributed by atoms with Gasteiger partial charge < -0.3 is 14.6 Å². The number of pyridine rings is 1. The summed E-state index contributed by atoms with van der Waals surface area (Å²) in [4.78, 5) is 27.7. The topological polar surface area (TPSA) is 110 Å². The Kier molecular flexibility index (Phi) is 7.95. The number of nitrogens with zero attached hydrogens (tertiary/aromatic N) is 1. The highest BCUT2D eigenvalue weighted by molar-refractivity contribution is 5.76. The van der Waals surface area contributed by atoms with Crippen molar-refractivity contribution in [3.05, 3.63) is 30.1 Å². The lowest BCUT2D eigenvalue weighted by molar-refractivity contribution is -0.145. The van der Waals surface area contributed by atoms with Crippen molar-refractivity contribution in [2.45, 2.75) is 51.0 Å². The van der Waals surface area contributed by atoms with Crippen LogP contribution >= 0.6 is 0 Å². The molecule has 0 aliphatic rings. The second kappa shape index (κ2) is 9.45. The van der Waals surface area contributed by atoms with E-state index < -0.39 is 35.8 Å². The van der Waals surface area contributed by atoms with Crippen LogP contribution in [0.5, 0.6) is 0 Å². The summed E-state index contributed by atoms with van der Waals surface area (Å²) in [6.45, 7) is 4.89. The van der Waals surface area contributed by atoms with Crippen molar-refractivity contribution in [1.29, 1.82) is 0 Å². The third kappa shape index (κ3) is 6.08. The standard InChI is InChI=1S/C17H27N3O5/c1-11(15(22)24-4)19-17(3,20-12(2)16(23)25-5)14(21)10-13-8-6-7-9-18-13/h6-9,11-12,14,19-21H,10H2,1-5H3. The second-order valence-corrected chi connectivity index (χ2v) is 6.02. The van der Waals surface area contributed by atoms with Crippen LogP contribution in [0, 0.1) is 0 Å². The van der Waals surface area contributed by atoms with Crippen molar-refractivity contribution in [3.63, 3.8) is 0 Å². The van der Waals surface area contributed by atoms with E-state index in [1.54, 1.807) is 39.1 Å². The maximum atomic E-state index is 11.7. The van der Waals surface area contributed by atoms with Gasteiger partial charge in [0, 0.05) is 18.3 Å². The van der Waals surface area contributed by atoms with E-state index >= 15 is 0 Å². The summed E-state index contributed by atoms with van der Waals surface area (Å²) >= 11 is 0. The molecule has 140 valence electrons. The van der Waals surface area contributed by atoms with Gasteiger partial charge in [0.25, 0.3) is 0 Å². The molecule has 3 unspecified atom stereocenters. The number of aliphatic hydroxyl groups excluding tert-OH is 1. The van der Waals surface area contributed by atoms with Crippen molar-refractivity contribution in [2.75, 3.05) is 14.2 Å². The fraction of sp³-hybridized carbons (Fsp3) is 0.588. The van der Waals surface area contributed by atoms with Crippen molar-refractivity contribution in [1.82, 2.24) is 15.6 Å².